The zero-order valence-corrected chi connectivity index (χ0v) is 8.18. The number of nitrogens with two attached hydrogens (primary N) is 1. The fourth-order valence-electron chi connectivity index (χ4n) is 1.53. The highest BCUT2D eigenvalue weighted by molar-refractivity contribution is 5.85. The van der Waals surface area contributed by atoms with Crippen LogP contribution in [0.1, 0.15) is 18.4 Å². The number of hydrogen-bond acceptors (Lipinski definition) is 2. The Morgan fingerprint density at radius 3 is 2.15 bits per heavy atom. The quantitative estimate of drug-likeness (QED) is 0.713. The molecule has 0 saturated heterocycles. The van der Waals surface area contributed by atoms with Gasteiger partial charge in [-0.05, 0) is 30.5 Å². The third-order valence-electron chi connectivity index (χ3n) is 2.68. The zero-order chi connectivity index (χ0) is 8.60. The Hall–Kier alpha value is -0.730. The topological polar surface area (TPSA) is 46.2 Å². The average Bonchev–Trinajstić information content (AvgIpc) is 2.86. The fourth-order valence-corrected chi connectivity index (χ4v) is 1.53. The van der Waals surface area contributed by atoms with Crippen LogP contribution in [0.5, 0.6) is 0 Å². The van der Waals surface area contributed by atoms with Crippen molar-refractivity contribution < 1.29 is 5.11 Å². The standard InChI is InChI=1S/C10H13NO.ClH/c11-9-3-1-8(2-4-9)10(7-12)5-6-10;/h1-4,12H,5-7,11H2;1H. The highest BCUT2D eigenvalue weighted by Gasteiger charge is 2.43. The Labute approximate surface area is 84.2 Å². The molecule has 0 aromatic heterocycles. The second kappa shape index (κ2) is 3.56. The predicted molar refractivity (Wildman–Crippen MR) is 56.1 cm³/mol. The van der Waals surface area contributed by atoms with Gasteiger partial charge in [-0.15, -0.1) is 12.4 Å². The van der Waals surface area contributed by atoms with Crippen molar-refractivity contribution >= 4 is 18.1 Å². The second-order valence-electron chi connectivity index (χ2n) is 3.56. The Kier molecular flexibility index (Phi) is 2.84. The zero-order valence-electron chi connectivity index (χ0n) is 7.36. The molecule has 3 N–H and O–H groups in total. The molecule has 2 nitrogen and oxygen atoms in total. The number of nitrogen functional groups attached to an aromatic ring is 1. The smallest absolute Gasteiger partial charge is 0.0527 e. The lowest BCUT2D eigenvalue weighted by Crippen LogP contribution is -2.11. The minimum atomic E-state index is 0. The summed E-state index contributed by atoms with van der Waals surface area (Å²) in [6.45, 7) is 0.261. The SMILES string of the molecule is Cl.Nc1ccc(C2(CO)CC2)cc1. The molecule has 1 saturated carbocycles. The molecule has 3 heteroatoms. The number of halogens is 1. The summed E-state index contributed by atoms with van der Waals surface area (Å²) in [7, 11) is 0. The molecule has 1 fully saturated rings. The Bertz CT molecular complexity index is 279. The van der Waals surface area contributed by atoms with E-state index in [0.29, 0.717) is 0 Å². The molecule has 0 radical (unpaired) electrons. The molecule has 0 heterocycles. The van der Waals surface area contributed by atoms with Gasteiger partial charge in [-0.1, -0.05) is 12.1 Å². The number of rotatable bonds is 2. The van der Waals surface area contributed by atoms with Crippen LogP contribution in [0.15, 0.2) is 24.3 Å². The van der Waals surface area contributed by atoms with E-state index in [2.05, 4.69) is 0 Å². The van der Waals surface area contributed by atoms with Crippen molar-refractivity contribution in [3.05, 3.63) is 29.8 Å². The van der Waals surface area contributed by atoms with E-state index in [1.165, 1.54) is 5.56 Å². The van der Waals surface area contributed by atoms with Crippen LogP contribution >= 0.6 is 12.4 Å². The van der Waals surface area contributed by atoms with E-state index in [-0.39, 0.29) is 24.4 Å². The largest absolute Gasteiger partial charge is 0.399 e. The molecule has 1 aliphatic carbocycles. The van der Waals surface area contributed by atoms with Crippen LogP contribution in [0, 0.1) is 0 Å². The first kappa shape index (κ1) is 10.4. The molecule has 0 amide bonds. The van der Waals surface area contributed by atoms with Gasteiger partial charge in [-0.3, -0.25) is 0 Å². The van der Waals surface area contributed by atoms with Gasteiger partial charge in [0.2, 0.25) is 0 Å². The molecular weight excluding hydrogens is 186 g/mol. The highest BCUT2D eigenvalue weighted by atomic mass is 35.5. The van der Waals surface area contributed by atoms with Crippen molar-refractivity contribution in [2.24, 2.45) is 0 Å². The van der Waals surface area contributed by atoms with E-state index >= 15 is 0 Å². The van der Waals surface area contributed by atoms with E-state index in [4.69, 9.17) is 10.8 Å². The van der Waals surface area contributed by atoms with Gasteiger partial charge in [0.25, 0.3) is 0 Å². The first-order valence-electron chi connectivity index (χ1n) is 4.24. The minimum Gasteiger partial charge on any atom is -0.399 e. The van der Waals surface area contributed by atoms with Crippen molar-refractivity contribution in [2.45, 2.75) is 18.3 Å². The molecule has 0 atom stereocenters. The van der Waals surface area contributed by atoms with Gasteiger partial charge in [-0.2, -0.15) is 0 Å². The number of anilines is 1. The van der Waals surface area contributed by atoms with Crippen molar-refractivity contribution in [2.75, 3.05) is 12.3 Å². The first-order chi connectivity index (χ1) is 5.77. The van der Waals surface area contributed by atoms with Crippen LogP contribution in [0.2, 0.25) is 0 Å². The lowest BCUT2D eigenvalue weighted by Gasteiger charge is -2.11. The highest BCUT2D eigenvalue weighted by Crippen LogP contribution is 2.47. The summed E-state index contributed by atoms with van der Waals surface area (Å²) >= 11 is 0. The summed E-state index contributed by atoms with van der Waals surface area (Å²) in [5.74, 6) is 0. The van der Waals surface area contributed by atoms with Crippen molar-refractivity contribution in [3.63, 3.8) is 0 Å². The van der Waals surface area contributed by atoms with Gasteiger partial charge in [0.05, 0.1) is 6.61 Å². The molecule has 2 rings (SSSR count). The Balaban J connectivity index is 0.000000845. The molecule has 0 bridgehead atoms. The number of benzene rings is 1. The first-order valence-corrected chi connectivity index (χ1v) is 4.24. The Morgan fingerprint density at radius 2 is 1.77 bits per heavy atom. The van der Waals surface area contributed by atoms with Crippen molar-refractivity contribution in [1.82, 2.24) is 0 Å². The lowest BCUT2D eigenvalue weighted by molar-refractivity contribution is 0.255. The van der Waals surface area contributed by atoms with E-state index in [9.17, 15) is 0 Å². The molecule has 1 aliphatic rings. The van der Waals surface area contributed by atoms with Gasteiger partial charge < -0.3 is 10.8 Å². The molecule has 1 aromatic rings. The Morgan fingerprint density at radius 1 is 1.23 bits per heavy atom. The lowest BCUT2D eigenvalue weighted by atomic mass is 9.97. The van der Waals surface area contributed by atoms with Gasteiger partial charge in [0.1, 0.15) is 0 Å². The minimum absolute atomic E-state index is 0. The van der Waals surface area contributed by atoms with Gasteiger partial charge in [-0.25, -0.2) is 0 Å². The number of aliphatic hydroxyl groups excluding tert-OH is 1. The molecule has 1 aromatic carbocycles. The second-order valence-corrected chi connectivity index (χ2v) is 3.56. The summed E-state index contributed by atoms with van der Waals surface area (Å²) in [6, 6.07) is 7.81. The molecule has 0 unspecified atom stereocenters. The van der Waals surface area contributed by atoms with Crippen LogP contribution in [-0.2, 0) is 5.41 Å². The number of aliphatic hydroxyl groups is 1. The van der Waals surface area contributed by atoms with Crippen LogP contribution in [0.3, 0.4) is 0 Å². The van der Waals surface area contributed by atoms with Gasteiger partial charge >= 0.3 is 0 Å². The summed E-state index contributed by atoms with van der Waals surface area (Å²) in [4.78, 5) is 0. The summed E-state index contributed by atoms with van der Waals surface area (Å²) in [5, 5.41) is 9.15. The van der Waals surface area contributed by atoms with E-state index in [1.807, 2.05) is 24.3 Å². The third kappa shape index (κ3) is 1.79. The van der Waals surface area contributed by atoms with E-state index < -0.39 is 0 Å². The average molecular weight is 200 g/mol. The van der Waals surface area contributed by atoms with Crippen molar-refractivity contribution in [3.8, 4) is 0 Å². The third-order valence-corrected chi connectivity index (χ3v) is 2.68. The molecule has 0 aliphatic heterocycles. The summed E-state index contributed by atoms with van der Waals surface area (Å²) in [5.41, 5.74) is 7.65. The molecule has 0 spiro atoms. The molecular formula is C10H14ClNO. The monoisotopic (exact) mass is 199 g/mol. The van der Waals surface area contributed by atoms with Gasteiger partial charge in [0, 0.05) is 11.1 Å². The van der Waals surface area contributed by atoms with Crippen LogP contribution in [-0.4, -0.2) is 11.7 Å². The van der Waals surface area contributed by atoms with Gasteiger partial charge in [0.15, 0.2) is 0 Å². The van der Waals surface area contributed by atoms with Crippen LogP contribution in [0.25, 0.3) is 0 Å². The number of hydrogen-bond donors (Lipinski definition) is 2. The van der Waals surface area contributed by atoms with Crippen LogP contribution < -0.4 is 5.73 Å². The van der Waals surface area contributed by atoms with Crippen LogP contribution in [0.4, 0.5) is 5.69 Å². The van der Waals surface area contributed by atoms with E-state index in [0.717, 1.165) is 18.5 Å². The fraction of sp³-hybridized carbons (Fsp3) is 0.400. The maximum Gasteiger partial charge on any atom is 0.0527 e. The molecule has 72 valence electrons. The maximum absolute atomic E-state index is 9.15. The van der Waals surface area contributed by atoms with Crippen molar-refractivity contribution in [1.29, 1.82) is 0 Å². The predicted octanol–water partition coefficient (Wildman–Crippen LogP) is 1.71. The maximum atomic E-state index is 9.15. The normalized spacial score (nSPS) is 17.6. The molecule has 13 heavy (non-hydrogen) atoms. The van der Waals surface area contributed by atoms with E-state index in [1.54, 1.807) is 0 Å². The summed E-state index contributed by atoms with van der Waals surface area (Å²) < 4.78 is 0. The summed E-state index contributed by atoms with van der Waals surface area (Å²) in [6.07, 6.45) is 2.21.